The number of piperidine rings is 1. The minimum atomic E-state index is -5.25. The summed E-state index contributed by atoms with van der Waals surface area (Å²) in [6, 6.07) is -0.135. The maximum absolute atomic E-state index is 12.6. The van der Waals surface area contributed by atoms with Gasteiger partial charge in [-0.3, -0.25) is 4.99 Å². The van der Waals surface area contributed by atoms with E-state index in [2.05, 4.69) is 15.6 Å². The third-order valence-electron chi connectivity index (χ3n) is 4.79. The highest BCUT2D eigenvalue weighted by Crippen LogP contribution is 2.28. The van der Waals surface area contributed by atoms with E-state index in [1.54, 1.807) is 7.05 Å². The van der Waals surface area contributed by atoms with Crippen LogP contribution in [0.2, 0.25) is 0 Å². The van der Waals surface area contributed by atoms with E-state index in [0.717, 1.165) is 26.1 Å². The molecule has 2 heterocycles. The molecule has 2 rings (SSSR count). The second-order valence-corrected chi connectivity index (χ2v) is 8.85. The number of nitrogens with zero attached hydrogens (tertiary/aromatic N) is 2. The number of nitrogens with one attached hydrogen (secondary N) is 2. The van der Waals surface area contributed by atoms with E-state index < -0.39 is 15.5 Å². The van der Waals surface area contributed by atoms with Gasteiger partial charge in [-0.15, -0.1) is 0 Å². The number of aliphatic imine (C=N–C) groups is 1. The first kappa shape index (κ1) is 23.2. The number of hydrogen-bond acceptors (Lipinski definition) is 5. The molecule has 1 unspecified atom stereocenters. The predicted molar refractivity (Wildman–Crippen MR) is 98.4 cm³/mol. The zero-order valence-corrected chi connectivity index (χ0v) is 16.8. The number of hydrogen-bond donors (Lipinski definition) is 2. The van der Waals surface area contributed by atoms with Crippen molar-refractivity contribution in [1.82, 2.24) is 14.9 Å². The summed E-state index contributed by atoms with van der Waals surface area (Å²) in [5.74, 6) is 1.02. The molecule has 2 aliphatic rings. The van der Waals surface area contributed by atoms with Gasteiger partial charge in [-0.2, -0.15) is 17.5 Å². The summed E-state index contributed by atoms with van der Waals surface area (Å²) >= 11 is 0. The summed E-state index contributed by atoms with van der Waals surface area (Å²) < 4.78 is 72.1. The normalized spacial score (nSPS) is 23.1. The maximum Gasteiger partial charge on any atom is 0.511 e. The predicted octanol–water partition coefficient (Wildman–Crippen LogP) is 0.909. The van der Waals surface area contributed by atoms with E-state index in [9.17, 15) is 21.6 Å². The second kappa shape index (κ2) is 10.6. The fourth-order valence-electron chi connectivity index (χ4n) is 3.12. The summed E-state index contributed by atoms with van der Waals surface area (Å²) in [6.45, 7) is 3.18. The summed E-state index contributed by atoms with van der Waals surface area (Å²) in [5, 5.41) is 6.26. The zero-order chi connectivity index (χ0) is 20.6. The molecule has 2 aliphatic heterocycles. The van der Waals surface area contributed by atoms with Crippen LogP contribution >= 0.6 is 0 Å². The van der Waals surface area contributed by atoms with Crippen LogP contribution in [0.5, 0.6) is 0 Å². The Hall–Kier alpha value is -1.11. The Bertz CT molecular complexity index is 602. The molecule has 0 saturated carbocycles. The molecule has 12 heteroatoms. The standard InChI is InChI=1S/C16H29F3N4O4S/c1-20-15(21-6-2-9-26-11-13-5-10-27-12-13)22-14-3-7-23(8-4-14)28(24,25)16(17,18)19/h13-14H,2-12H2,1H3,(H2,20,21,22). The monoisotopic (exact) mass is 430 g/mol. The van der Waals surface area contributed by atoms with E-state index in [4.69, 9.17) is 9.47 Å². The molecule has 2 saturated heterocycles. The molecule has 0 spiro atoms. The number of alkyl halides is 3. The highest BCUT2D eigenvalue weighted by molar-refractivity contribution is 7.90. The van der Waals surface area contributed by atoms with Gasteiger partial charge in [-0.25, -0.2) is 8.42 Å². The summed E-state index contributed by atoms with van der Waals surface area (Å²) in [6.07, 6.45) is 2.39. The van der Waals surface area contributed by atoms with Gasteiger partial charge < -0.3 is 20.1 Å². The molecule has 28 heavy (non-hydrogen) atoms. The molecular weight excluding hydrogens is 401 g/mol. The van der Waals surface area contributed by atoms with Gasteiger partial charge in [0.05, 0.1) is 13.2 Å². The summed E-state index contributed by atoms with van der Waals surface area (Å²) in [4.78, 5) is 4.10. The minimum absolute atomic E-state index is 0.135. The van der Waals surface area contributed by atoms with Gasteiger partial charge in [0.15, 0.2) is 5.96 Å². The van der Waals surface area contributed by atoms with Gasteiger partial charge in [0.1, 0.15) is 0 Å². The Balaban J connectivity index is 1.61. The van der Waals surface area contributed by atoms with Gasteiger partial charge in [-0.1, -0.05) is 0 Å². The van der Waals surface area contributed by atoms with Crippen LogP contribution in [0, 0.1) is 5.92 Å². The van der Waals surface area contributed by atoms with Crippen molar-refractivity contribution >= 4 is 16.0 Å². The van der Waals surface area contributed by atoms with Crippen LogP contribution in [0.1, 0.15) is 25.7 Å². The van der Waals surface area contributed by atoms with E-state index in [1.807, 2.05) is 0 Å². The van der Waals surface area contributed by atoms with Gasteiger partial charge in [0, 0.05) is 51.9 Å². The quantitative estimate of drug-likeness (QED) is 0.338. The van der Waals surface area contributed by atoms with E-state index >= 15 is 0 Å². The molecular formula is C16H29F3N4O4S. The average molecular weight is 430 g/mol. The zero-order valence-electron chi connectivity index (χ0n) is 16.0. The van der Waals surface area contributed by atoms with Crippen LogP contribution in [0.3, 0.4) is 0 Å². The Morgan fingerprint density at radius 2 is 2.00 bits per heavy atom. The van der Waals surface area contributed by atoms with E-state index in [0.29, 0.717) is 35.9 Å². The lowest BCUT2D eigenvalue weighted by atomic mass is 10.1. The second-order valence-electron chi connectivity index (χ2n) is 6.93. The molecule has 164 valence electrons. The number of ether oxygens (including phenoxy) is 2. The molecule has 0 amide bonds. The lowest BCUT2D eigenvalue weighted by molar-refractivity contribution is -0.0494. The highest BCUT2D eigenvalue weighted by Gasteiger charge is 2.50. The van der Waals surface area contributed by atoms with Crippen molar-refractivity contribution in [3.8, 4) is 0 Å². The van der Waals surface area contributed by atoms with Gasteiger partial charge >= 0.3 is 15.5 Å². The first-order valence-corrected chi connectivity index (χ1v) is 10.9. The van der Waals surface area contributed by atoms with Crippen molar-refractivity contribution in [2.75, 3.05) is 53.1 Å². The highest BCUT2D eigenvalue weighted by atomic mass is 32.2. The van der Waals surface area contributed by atoms with E-state index in [-0.39, 0.29) is 32.0 Å². The van der Waals surface area contributed by atoms with Gasteiger partial charge in [-0.05, 0) is 25.7 Å². The lowest BCUT2D eigenvalue weighted by Gasteiger charge is -2.32. The Morgan fingerprint density at radius 1 is 1.29 bits per heavy atom. The maximum atomic E-state index is 12.6. The fraction of sp³-hybridized carbons (Fsp3) is 0.938. The summed E-state index contributed by atoms with van der Waals surface area (Å²) in [5.41, 5.74) is -5.25. The van der Waals surface area contributed by atoms with Gasteiger partial charge in [0.2, 0.25) is 0 Å². The number of rotatable bonds is 8. The van der Waals surface area contributed by atoms with Crippen molar-refractivity contribution in [3.05, 3.63) is 0 Å². The van der Waals surface area contributed by atoms with Crippen LogP contribution in [-0.2, 0) is 19.5 Å². The molecule has 1 atom stereocenters. The Labute approximate surface area is 163 Å². The average Bonchev–Trinajstić information content (AvgIpc) is 3.16. The lowest BCUT2D eigenvalue weighted by Crippen LogP contribution is -2.51. The van der Waals surface area contributed by atoms with Crippen LogP contribution < -0.4 is 10.6 Å². The SMILES string of the molecule is CN=C(NCCCOCC1CCOC1)NC1CCN(S(=O)(=O)C(F)(F)F)CC1. The smallest absolute Gasteiger partial charge is 0.381 e. The third kappa shape index (κ3) is 6.75. The van der Waals surface area contributed by atoms with Crippen molar-refractivity contribution in [2.24, 2.45) is 10.9 Å². The Morgan fingerprint density at radius 3 is 2.57 bits per heavy atom. The van der Waals surface area contributed by atoms with Gasteiger partial charge in [0.25, 0.3) is 0 Å². The minimum Gasteiger partial charge on any atom is -0.381 e. The van der Waals surface area contributed by atoms with Crippen molar-refractivity contribution in [1.29, 1.82) is 0 Å². The number of halogens is 3. The van der Waals surface area contributed by atoms with Crippen LogP contribution in [0.4, 0.5) is 13.2 Å². The molecule has 2 fully saturated rings. The topological polar surface area (TPSA) is 92.3 Å². The van der Waals surface area contributed by atoms with Crippen LogP contribution in [-0.4, -0.2) is 83.3 Å². The summed E-state index contributed by atoms with van der Waals surface area (Å²) in [7, 11) is -3.64. The van der Waals surface area contributed by atoms with Crippen molar-refractivity contribution in [3.63, 3.8) is 0 Å². The molecule has 0 aliphatic carbocycles. The number of guanidine groups is 1. The molecule has 0 aromatic heterocycles. The Kier molecular flexibility index (Phi) is 8.78. The third-order valence-corrected chi connectivity index (χ3v) is 6.42. The van der Waals surface area contributed by atoms with Crippen LogP contribution in [0.25, 0.3) is 0 Å². The molecule has 0 radical (unpaired) electrons. The molecule has 0 bridgehead atoms. The van der Waals surface area contributed by atoms with Crippen LogP contribution in [0.15, 0.2) is 4.99 Å². The first-order valence-electron chi connectivity index (χ1n) is 9.43. The fourth-order valence-corrected chi connectivity index (χ4v) is 4.10. The molecule has 0 aromatic carbocycles. The van der Waals surface area contributed by atoms with E-state index in [1.165, 1.54) is 0 Å². The number of sulfonamides is 1. The molecule has 8 nitrogen and oxygen atoms in total. The van der Waals surface area contributed by atoms with Crippen molar-refractivity contribution in [2.45, 2.75) is 37.2 Å². The first-order chi connectivity index (χ1) is 13.2. The van der Waals surface area contributed by atoms with Crippen molar-refractivity contribution < 1.29 is 31.1 Å². The molecule has 0 aromatic rings. The molecule has 2 N–H and O–H groups in total. The largest absolute Gasteiger partial charge is 0.511 e.